The molecule has 1 amide bonds. The fraction of sp³-hybridized carbons (Fsp3) is 0.857. The van der Waals surface area contributed by atoms with Gasteiger partial charge in [-0.05, 0) is 39.8 Å². The van der Waals surface area contributed by atoms with E-state index in [4.69, 9.17) is 9.47 Å². The molecule has 6 nitrogen and oxygen atoms in total. The highest BCUT2D eigenvalue weighted by Crippen LogP contribution is 2.29. The van der Waals surface area contributed by atoms with Crippen molar-refractivity contribution in [2.45, 2.75) is 26.7 Å². The number of carbonyl (C=O) groups excluding carboxylic acids is 2. The lowest BCUT2D eigenvalue weighted by Crippen LogP contribution is -2.52. The quantitative estimate of drug-likeness (QED) is 0.688. The van der Waals surface area contributed by atoms with Crippen LogP contribution in [0.1, 0.15) is 26.7 Å². The van der Waals surface area contributed by atoms with Crippen molar-refractivity contribution in [2.24, 2.45) is 10.8 Å². The average Bonchev–Trinajstić information content (AvgIpc) is 2.45. The first-order valence-electron chi connectivity index (χ1n) is 6.94. The predicted molar refractivity (Wildman–Crippen MR) is 75.2 cm³/mol. The third kappa shape index (κ3) is 3.93. The van der Waals surface area contributed by atoms with Crippen LogP contribution in [0.15, 0.2) is 0 Å². The van der Waals surface area contributed by atoms with Crippen molar-refractivity contribution in [1.82, 2.24) is 10.6 Å². The third-order valence-corrected chi connectivity index (χ3v) is 3.89. The van der Waals surface area contributed by atoms with Gasteiger partial charge in [-0.3, -0.25) is 9.59 Å². The molecule has 0 unspecified atom stereocenters. The maximum Gasteiger partial charge on any atom is 0.313 e. The molecular formula is C14H26N2O4. The fourth-order valence-electron chi connectivity index (χ4n) is 2.46. The number of amides is 1. The fourth-order valence-corrected chi connectivity index (χ4v) is 2.46. The molecule has 0 aliphatic carbocycles. The molecule has 0 saturated carbocycles. The van der Waals surface area contributed by atoms with Crippen LogP contribution in [0.5, 0.6) is 0 Å². The van der Waals surface area contributed by atoms with Crippen molar-refractivity contribution in [3.05, 3.63) is 0 Å². The summed E-state index contributed by atoms with van der Waals surface area (Å²) in [6.07, 6.45) is 1.48. The lowest BCUT2D eigenvalue weighted by atomic mass is 9.78. The van der Waals surface area contributed by atoms with Crippen molar-refractivity contribution >= 4 is 11.9 Å². The summed E-state index contributed by atoms with van der Waals surface area (Å²) >= 11 is 0. The van der Waals surface area contributed by atoms with Gasteiger partial charge in [-0.2, -0.15) is 0 Å². The van der Waals surface area contributed by atoms with E-state index in [0.29, 0.717) is 6.61 Å². The summed E-state index contributed by atoms with van der Waals surface area (Å²) in [5.74, 6) is -0.373. The van der Waals surface area contributed by atoms with Gasteiger partial charge in [0.05, 0.1) is 24.5 Å². The minimum atomic E-state index is -0.731. The first-order valence-corrected chi connectivity index (χ1v) is 6.94. The summed E-state index contributed by atoms with van der Waals surface area (Å²) in [5.41, 5.74) is -1.22. The summed E-state index contributed by atoms with van der Waals surface area (Å²) in [4.78, 5) is 24.1. The smallest absolute Gasteiger partial charge is 0.313 e. The molecule has 0 atom stereocenters. The van der Waals surface area contributed by atoms with Crippen LogP contribution in [-0.2, 0) is 19.1 Å². The largest absolute Gasteiger partial charge is 0.469 e. The van der Waals surface area contributed by atoms with E-state index in [1.807, 2.05) is 0 Å². The standard InChI is InChI=1S/C14H26N2O4/c1-13(2,12(18)20-4)9-16-11(17)14(10-19-3)5-7-15-8-6-14/h15H,5-10H2,1-4H3,(H,16,17). The van der Waals surface area contributed by atoms with Gasteiger partial charge in [-0.25, -0.2) is 0 Å². The highest BCUT2D eigenvalue weighted by molar-refractivity contribution is 5.84. The SMILES string of the molecule is COCC1(C(=O)NCC(C)(C)C(=O)OC)CCNCC1. The molecule has 0 bridgehead atoms. The molecule has 0 spiro atoms. The maximum absolute atomic E-state index is 12.5. The van der Waals surface area contributed by atoms with Gasteiger partial charge in [-0.1, -0.05) is 0 Å². The number of nitrogens with one attached hydrogen (secondary N) is 2. The monoisotopic (exact) mass is 286 g/mol. The minimum Gasteiger partial charge on any atom is -0.469 e. The summed E-state index contributed by atoms with van der Waals surface area (Å²) in [7, 11) is 2.96. The van der Waals surface area contributed by atoms with Gasteiger partial charge in [0.25, 0.3) is 0 Å². The van der Waals surface area contributed by atoms with Crippen molar-refractivity contribution in [2.75, 3.05) is 40.5 Å². The van der Waals surface area contributed by atoms with Crippen molar-refractivity contribution in [3.63, 3.8) is 0 Å². The van der Waals surface area contributed by atoms with E-state index in [1.165, 1.54) is 7.11 Å². The molecule has 20 heavy (non-hydrogen) atoms. The predicted octanol–water partition coefficient (Wildman–Crippen LogP) is 0.318. The number of carbonyl (C=O) groups is 2. The first-order chi connectivity index (χ1) is 9.38. The van der Waals surface area contributed by atoms with Crippen LogP contribution in [0.2, 0.25) is 0 Å². The van der Waals surface area contributed by atoms with E-state index < -0.39 is 10.8 Å². The van der Waals surface area contributed by atoms with Gasteiger partial charge < -0.3 is 20.1 Å². The molecule has 1 saturated heterocycles. The zero-order chi connectivity index (χ0) is 15.2. The number of esters is 1. The Balaban J connectivity index is 2.65. The Labute approximate surface area is 120 Å². The van der Waals surface area contributed by atoms with Crippen LogP contribution in [-0.4, -0.2) is 52.3 Å². The second-order valence-corrected chi connectivity index (χ2v) is 6.02. The van der Waals surface area contributed by atoms with Crippen molar-refractivity contribution in [1.29, 1.82) is 0 Å². The number of piperidine rings is 1. The highest BCUT2D eigenvalue weighted by Gasteiger charge is 2.40. The molecule has 0 aromatic heterocycles. The lowest BCUT2D eigenvalue weighted by Gasteiger charge is -2.36. The number of rotatable bonds is 6. The highest BCUT2D eigenvalue weighted by atomic mass is 16.5. The Morgan fingerprint density at radius 2 is 1.85 bits per heavy atom. The van der Waals surface area contributed by atoms with Crippen LogP contribution in [0, 0.1) is 10.8 Å². The van der Waals surface area contributed by atoms with Gasteiger partial charge in [0.2, 0.25) is 5.91 Å². The van der Waals surface area contributed by atoms with Gasteiger partial charge in [0.1, 0.15) is 0 Å². The second kappa shape index (κ2) is 7.04. The Bertz CT molecular complexity index is 344. The Morgan fingerprint density at radius 3 is 2.35 bits per heavy atom. The second-order valence-electron chi connectivity index (χ2n) is 6.02. The molecule has 1 rings (SSSR count). The number of hydrogen-bond acceptors (Lipinski definition) is 5. The molecule has 1 heterocycles. The molecule has 2 N–H and O–H groups in total. The molecular weight excluding hydrogens is 260 g/mol. The summed E-state index contributed by atoms with van der Waals surface area (Å²) in [5, 5.41) is 6.13. The van der Waals surface area contributed by atoms with E-state index in [1.54, 1.807) is 21.0 Å². The summed E-state index contributed by atoms with van der Waals surface area (Å²) < 4.78 is 9.97. The summed E-state index contributed by atoms with van der Waals surface area (Å²) in [6.45, 7) is 5.78. The van der Waals surface area contributed by atoms with Crippen LogP contribution < -0.4 is 10.6 Å². The van der Waals surface area contributed by atoms with Crippen molar-refractivity contribution < 1.29 is 19.1 Å². The van der Waals surface area contributed by atoms with Gasteiger partial charge >= 0.3 is 5.97 Å². The Hall–Kier alpha value is -1.14. The number of hydrogen-bond donors (Lipinski definition) is 2. The summed E-state index contributed by atoms with van der Waals surface area (Å²) in [6, 6.07) is 0. The molecule has 6 heteroatoms. The topological polar surface area (TPSA) is 76.7 Å². The molecule has 0 radical (unpaired) electrons. The van der Waals surface area contributed by atoms with Gasteiger partial charge in [0.15, 0.2) is 0 Å². The van der Waals surface area contributed by atoms with E-state index in [9.17, 15) is 9.59 Å². The van der Waals surface area contributed by atoms with E-state index in [2.05, 4.69) is 10.6 Å². The van der Waals surface area contributed by atoms with Crippen LogP contribution in [0.25, 0.3) is 0 Å². The van der Waals surface area contributed by atoms with E-state index in [-0.39, 0.29) is 18.4 Å². The minimum absolute atomic E-state index is 0.0437. The van der Waals surface area contributed by atoms with Gasteiger partial charge in [0, 0.05) is 13.7 Å². The molecule has 0 aromatic carbocycles. The van der Waals surface area contributed by atoms with Crippen molar-refractivity contribution in [3.8, 4) is 0 Å². The molecule has 1 aliphatic heterocycles. The van der Waals surface area contributed by atoms with Gasteiger partial charge in [-0.15, -0.1) is 0 Å². The molecule has 1 fully saturated rings. The zero-order valence-electron chi connectivity index (χ0n) is 12.9. The van der Waals surface area contributed by atoms with Crippen LogP contribution in [0.3, 0.4) is 0 Å². The normalized spacial score (nSPS) is 18.4. The molecule has 0 aromatic rings. The molecule has 1 aliphatic rings. The van der Waals surface area contributed by atoms with Crippen LogP contribution >= 0.6 is 0 Å². The lowest BCUT2D eigenvalue weighted by molar-refractivity contribution is -0.151. The molecule has 116 valence electrons. The van der Waals surface area contributed by atoms with E-state index in [0.717, 1.165) is 25.9 Å². The zero-order valence-corrected chi connectivity index (χ0v) is 12.9. The third-order valence-electron chi connectivity index (χ3n) is 3.89. The number of ether oxygens (including phenoxy) is 2. The van der Waals surface area contributed by atoms with E-state index >= 15 is 0 Å². The first kappa shape index (κ1) is 16.9. The number of methoxy groups -OCH3 is 2. The maximum atomic E-state index is 12.5. The Morgan fingerprint density at radius 1 is 1.25 bits per heavy atom. The Kier molecular flexibility index (Phi) is 5.95. The van der Waals surface area contributed by atoms with Crippen LogP contribution in [0.4, 0.5) is 0 Å². The average molecular weight is 286 g/mol.